The van der Waals surface area contributed by atoms with Gasteiger partial charge in [0, 0.05) is 17.3 Å². The molecule has 4 heteroatoms. The van der Waals surface area contributed by atoms with E-state index >= 15 is 0 Å². The maximum Gasteiger partial charge on any atom is 0.306 e. The predicted octanol–water partition coefficient (Wildman–Crippen LogP) is 2.31. The van der Waals surface area contributed by atoms with Crippen molar-refractivity contribution in [3.8, 4) is 0 Å². The van der Waals surface area contributed by atoms with Gasteiger partial charge in [0.2, 0.25) is 0 Å². The van der Waals surface area contributed by atoms with Gasteiger partial charge >= 0.3 is 5.97 Å². The molecule has 15 heavy (non-hydrogen) atoms. The van der Waals surface area contributed by atoms with Crippen LogP contribution in [0.3, 0.4) is 0 Å². The van der Waals surface area contributed by atoms with Crippen LogP contribution in [0.2, 0.25) is 0 Å². The first-order valence-electron chi connectivity index (χ1n) is 5.12. The van der Waals surface area contributed by atoms with Crippen LogP contribution in [-0.2, 0) is 16.1 Å². The maximum absolute atomic E-state index is 11.3. The van der Waals surface area contributed by atoms with Gasteiger partial charge in [0.05, 0.1) is 0 Å². The third-order valence-electron chi connectivity index (χ3n) is 2.00. The SMILES string of the molecule is CC(N)CCCC(=O)OCc1cccs1. The Morgan fingerprint density at radius 1 is 1.67 bits per heavy atom. The smallest absolute Gasteiger partial charge is 0.306 e. The molecule has 0 fully saturated rings. The molecule has 0 aliphatic carbocycles. The largest absolute Gasteiger partial charge is 0.460 e. The fourth-order valence-electron chi connectivity index (χ4n) is 1.19. The van der Waals surface area contributed by atoms with Crippen molar-refractivity contribution >= 4 is 17.3 Å². The Balaban J connectivity index is 2.09. The molecular weight excluding hydrogens is 210 g/mol. The van der Waals surface area contributed by atoms with Crippen molar-refractivity contribution in [1.29, 1.82) is 0 Å². The number of thiophene rings is 1. The van der Waals surface area contributed by atoms with Crippen LogP contribution in [0.5, 0.6) is 0 Å². The van der Waals surface area contributed by atoms with Gasteiger partial charge in [-0.3, -0.25) is 4.79 Å². The molecule has 2 N–H and O–H groups in total. The lowest BCUT2D eigenvalue weighted by molar-refractivity contribution is -0.145. The lowest BCUT2D eigenvalue weighted by atomic mass is 10.1. The molecule has 1 heterocycles. The van der Waals surface area contributed by atoms with E-state index in [1.54, 1.807) is 11.3 Å². The normalized spacial score (nSPS) is 12.4. The minimum atomic E-state index is -0.135. The van der Waals surface area contributed by atoms with Crippen LogP contribution < -0.4 is 5.73 Å². The van der Waals surface area contributed by atoms with E-state index in [1.165, 1.54) is 0 Å². The van der Waals surface area contributed by atoms with Crippen LogP contribution in [0, 0.1) is 0 Å². The Morgan fingerprint density at radius 2 is 2.47 bits per heavy atom. The fraction of sp³-hybridized carbons (Fsp3) is 0.545. The number of esters is 1. The standard InChI is InChI=1S/C11H17NO2S/c1-9(12)4-2-6-11(13)14-8-10-5-3-7-15-10/h3,5,7,9H,2,4,6,8,12H2,1H3. The predicted molar refractivity (Wildman–Crippen MR) is 61.6 cm³/mol. The Morgan fingerprint density at radius 3 is 3.07 bits per heavy atom. The Hall–Kier alpha value is -0.870. The third-order valence-corrected chi connectivity index (χ3v) is 2.85. The summed E-state index contributed by atoms with van der Waals surface area (Å²) in [6.45, 7) is 2.34. The molecule has 0 aromatic carbocycles. The van der Waals surface area contributed by atoms with Gasteiger partial charge in [-0.2, -0.15) is 0 Å². The van der Waals surface area contributed by atoms with Crippen LogP contribution >= 0.6 is 11.3 Å². The van der Waals surface area contributed by atoms with Gasteiger partial charge in [-0.1, -0.05) is 6.07 Å². The van der Waals surface area contributed by atoms with Gasteiger partial charge in [-0.05, 0) is 31.2 Å². The number of rotatable bonds is 6. The molecule has 0 radical (unpaired) electrons. The average Bonchev–Trinajstić information content (AvgIpc) is 2.66. The highest BCUT2D eigenvalue weighted by molar-refractivity contribution is 7.09. The number of nitrogens with two attached hydrogens (primary N) is 1. The summed E-state index contributed by atoms with van der Waals surface area (Å²) in [5, 5.41) is 1.97. The molecule has 0 aliphatic rings. The molecule has 0 bridgehead atoms. The number of carbonyl (C=O) groups excluding carboxylic acids is 1. The van der Waals surface area contributed by atoms with Crippen LogP contribution in [-0.4, -0.2) is 12.0 Å². The summed E-state index contributed by atoms with van der Waals surface area (Å²) >= 11 is 1.60. The third kappa shape index (κ3) is 5.54. The van der Waals surface area contributed by atoms with Crippen LogP contribution in [0.1, 0.15) is 31.1 Å². The summed E-state index contributed by atoms with van der Waals surface area (Å²) in [7, 11) is 0. The summed E-state index contributed by atoms with van der Waals surface area (Å²) in [5.74, 6) is -0.135. The van der Waals surface area contributed by atoms with E-state index in [-0.39, 0.29) is 12.0 Å². The van der Waals surface area contributed by atoms with Crippen molar-refractivity contribution in [3.05, 3.63) is 22.4 Å². The van der Waals surface area contributed by atoms with E-state index in [4.69, 9.17) is 10.5 Å². The molecule has 1 aromatic heterocycles. The lowest BCUT2D eigenvalue weighted by Gasteiger charge is -2.05. The monoisotopic (exact) mass is 227 g/mol. The quantitative estimate of drug-likeness (QED) is 0.759. The van der Waals surface area contributed by atoms with Crippen molar-refractivity contribution in [2.45, 2.75) is 38.8 Å². The number of ether oxygens (including phenoxy) is 1. The van der Waals surface area contributed by atoms with Crippen molar-refractivity contribution in [2.75, 3.05) is 0 Å². The highest BCUT2D eigenvalue weighted by Gasteiger charge is 2.04. The Labute approximate surface area is 94.2 Å². The number of carbonyl (C=O) groups is 1. The number of hydrogen-bond acceptors (Lipinski definition) is 4. The van der Waals surface area contributed by atoms with Gasteiger partial charge in [0.1, 0.15) is 6.61 Å². The zero-order valence-electron chi connectivity index (χ0n) is 8.94. The first-order valence-corrected chi connectivity index (χ1v) is 6.00. The van der Waals surface area contributed by atoms with Crippen molar-refractivity contribution in [2.24, 2.45) is 5.73 Å². The molecule has 3 nitrogen and oxygen atoms in total. The van der Waals surface area contributed by atoms with Gasteiger partial charge < -0.3 is 10.5 Å². The van der Waals surface area contributed by atoms with E-state index in [9.17, 15) is 4.79 Å². The molecule has 0 saturated heterocycles. The molecule has 0 amide bonds. The van der Waals surface area contributed by atoms with Gasteiger partial charge in [-0.15, -0.1) is 11.3 Å². The first kappa shape index (κ1) is 12.2. The summed E-state index contributed by atoms with van der Waals surface area (Å²) < 4.78 is 5.10. The molecule has 1 aromatic rings. The lowest BCUT2D eigenvalue weighted by Crippen LogP contribution is -2.15. The van der Waals surface area contributed by atoms with Gasteiger partial charge in [-0.25, -0.2) is 0 Å². The molecule has 1 unspecified atom stereocenters. The molecule has 0 saturated carbocycles. The summed E-state index contributed by atoms with van der Waals surface area (Å²) in [6, 6.07) is 4.07. The fourth-order valence-corrected chi connectivity index (χ4v) is 1.80. The second-order valence-corrected chi connectivity index (χ2v) is 4.64. The van der Waals surface area contributed by atoms with Crippen molar-refractivity contribution in [1.82, 2.24) is 0 Å². The minimum Gasteiger partial charge on any atom is -0.460 e. The van der Waals surface area contributed by atoms with Crippen LogP contribution in [0.4, 0.5) is 0 Å². The van der Waals surface area contributed by atoms with Gasteiger partial charge in [0.15, 0.2) is 0 Å². The molecule has 0 aliphatic heterocycles. The Kier molecular flexibility index (Phi) is 5.36. The Bertz CT molecular complexity index is 283. The highest BCUT2D eigenvalue weighted by atomic mass is 32.1. The summed E-state index contributed by atoms with van der Waals surface area (Å²) in [6.07, 6.45) is 2.14. The second kappa shape index (κ2) is 6.58. The summed E-state index contributed by atoms with van der Waals surface area (Å²) in [5.41, 5.74) is 5.58. The highest BCUT2D eigenvalue weighted by Crippen LogP contribution is 2.10. The topological polar surface area (TPSA) is 52.3 Å². The minimum absolute atomic E-state index is 0.135. The van der Waals surface area contributed by atoms with Crippen molar-refractivity contribution < 1.29 is 9.53 Å². The van der Waals surface area contributed by atoms with E-state index in [2.05, 4.69) is 0 Å². The second-order valence-electron chi connectivity index (χ2n) is 3.61. The van der Waals surface area contributed by atoms with Gasteiger partial charge in [0.25, 0.3) is 0 Å². The molecule has 1 rings (SSSR count). The van der Waals surface area contributed by atoms with Crippen LogP contribution in [0.15, 0.2) is 17.5 Å². The molecule has 0 spiro atoms. The van der Waals surface area contributed by atoms with E-state index in [0.717, 1.165) is 17.7 Å². The maximum atomic E-state index is 11.3. The summed E-state index contributed by atoms with van der Waals surface area (Å²) in [4.78, 5) is 12.3. The molecule has 84 valence electrons. The van der Waals surface area contributed by atoms with E-state index in [1.807, 2.05) is 24.4 Å². The number of hydrogen-bond donors (Lipinski definition) is 1. The molecule has 1 atom stereocenters. The zero-order chi connectivity index (χ0) is 11.1. The first-order chi connectivity index (χ1) is 7.18. The molecular formula is C11H17NO2S. The van der Waals surface area contributed by atoms with Crippen molar-refractivity contribution in [3.63, 3.8) is 0 Å². The van der Waals surface area contributed by atoms with E-state index < -0.39 is 0 Å². The zero-order valence-corrected chi connectivity index (χ0v) is 9.76. The van der Waals surface area contributed by atoms with E-state index in [0.29, 0.717) is 13.0 Å². The average molecular weight is 227 g/mol. The van der Waals surface area contributed by atoms with Crippen LogP contribution in [0.25, 0.3) is 0 Å².